The summed E-state index contributed by atoms with van der Waals surface area (Å²) in [6.45, 7) is 7.00. The van der Waals surface area contributed by atoms with Crippen molar-refractivity contribution in [3.05, 3.63) is 73.8 Å². The first kappa shape index (κ1) is 17.8. The molecule has 0 saturated heterocycles. The van der Waals surface area contributed by atoms with Crippen molar-refractivity contribution in [2.75, 3.05) is 0 Å². The highest BCUT2D eigenvalue weighted by Gasteiger charge is 2.13. The Kier molecular flexibility index (Phi) is 5.35. The van der Waals surface area contributed by atoms with Crippen molar-refractivity contribution in [2.45, 2.75) is 27.3 Å². The lowest BCUT2D eigenvalue weighted by atomic mass is 10.1. The van der Waals surface area contributed by atoms with Crippen LogP contribution in [0.4, 0.5) is 0 Å². The minimum Gasteiger partial charge on any atom is -0.316 e. The first-order chi connectivity index (χ1) is 12.0. The second kappa shape index (κ2) is 7.50. The average Bonchev–Trinajstić information content (AvgIpc) is 2.91. The molecule has 0 aliphatic rings. The van der Waals surface area contributed by atoms with Crippen molar-refractivity contribution in [3.8, 4) is 11.3 Å². The van der Waals surface area contributed by atoms with Crippen LogP contribution in [0, 0.1) is 13.8 Å². The summed E-state index contributed by atoms with van der Waals surface area (Å²) in [5.41, 5.74) is 4.11. The topological polar surface area (TPSA) is 34.4 Å². The Bertz CT molecular complexity index is 966. The van der Waals surface area contributed by atoms with Crippen LogP contribution in [0.1, 0.15) is 27.7 Å². The van der Waals surface area contributed by atoms with Gasteiger partial charge in [0, 0.05) is 21.5 Å². The van der Waals surface area contributed by atoms with Crippen LogP contribution in [0.5, 0.6) is 0 Å². The Labute approximate surface area is 159 Å². The molecule has 5 heteroatoms. The molecule has 1 aromatic heterocycles. The van der Waals surface area contributed by atoms with Gasteiger partial charge < -0.3 is 4.57 Å². The number of hydrogen-bond acceptors (Lipinski definition) is 2. The van der Waals surface area contributed by atoms with Crippen molar-refractivity contribution in [2.24, 2.45) is 4.99 Å². The standard InChI is InChI=1S/C20H19BrN2OS/c1-4-23-18(15-7-5-13(2)6-8-15)14(3)25-20(23)22-19(24)16-9-11-17(21)12-10-16/h5-12H,4H2,1-3H3. The Balaban J connectivity index is 2.08. The lowest BCUT2D eigenvalue weighted by molar-refractivity contribution is 0.0998. The van der Waals surface area contributed by atoms with E-state index in [1.54, 1.807) is 23.5 Å². The van der Waals surface area contributed by atoms with Crippen molar-refractivity contribution in [1.29, 1.82) is 0 Å². The van der Waals surface area contributed by atoms with Crippen LogP contribution in [0.25, 0.3) is 11.3 Å². The van der Waals surface area contributed by atoms with Gasteiger partial charge in [-0.05, 0) is 50.6 Å². The van der Waals surface area contributed by atoms with Gasteiger partial charge >= 0.3 is 0 Å². The number of amides is 1. The first-order valence-electron chi connectivity index (χ1n) is 8.11. The van der Waals surface area contributed by atoms with Crippen LogP contribution < -0.4 is 4.80 Å². The maximum atomic E-state index is 12.5. The minimum absolute atomic E-state index is 0.216. The molecule has 0 radical (unpaired) electrons. The van der Waals surface area contributed by atoms with Crippen molar-refractivity contribution in [1.82, 2.24) is 4.57 Å². The number of aromatic nitrogens is 1. The molecule has 25 heavy (non-hydrogen) atoms. The third-order valence-electron chi connectivity index (χ3n) is 4.01. The maximum Gasteiger partial charge on any atom is 0.279 e. The molecular weight excluding hydrogens is 396 g/mol. The van der Waals surface area contributed by atoms with Crippen molar-refractivity contribution < 1.29 is 4.79 Å². The molecule has 0 spiro atoms. The van der Waals surface area contributed by atoms with E-state index < -0.39 is 0 Å². The molecule has 1 heterocycles. The van der Waals surface area contributed by atoms with E-state index >= 15 is 0 Å². The molecule has 0 atom stereocenters. The first-order valence-corrected chi connectivity index (χ1v) is 9.72. The molecule has 3 rings (SSSR count). The summed E-state index contributed by atoms with van der Waals surface area (Å²) < 4.78 is 3.06. The number of carbonyl (C=O) groups excluding carboxylic acids is 1. The quantitative estimate of drug-likeness (QED) is 0.567. The summed E-state index contributed by atoms with van der Waals surface area (Å²) in [5.74, 6) is -0.216. The lowest BCUT2D eigenvalue weighted by Crippen LogP contribution is -2.17. The summed E-state index contributed by atoms with van der Waals surface area (Å²) in [5, 5.41) is 0. The van der Waals surface area contributed by atoms with Crippen molar-refractivity contribution in [3.63, 3.8) is 0 Å². The molecule has 2 aromatic carbocycles. The molecule has 0 bridgehead atoms. The molecule has 3 nitrogen and oxygen atoms in total. The Morgan fingerprint density at radius 1 is 1.08 bits per heavy atom. The zero-order chi connectivity index (χ0) is 18.0. The summed E-state index contributed by atoms with van der Waals surface area (Å²) in [4.78, 5) is 18.8. The normalized spacial score (nSPS) is 11.8. The van der Waals surface area contributed by atoms with E-state index in [2.05, 4.69) is 70.5 Å². The van der Waals surface area contributed by atoms with E-state index in [0.717, 1.165) is 32.0 Å². The number of carbonyl (C=O) groups is 1. The number of aryl methyl sites for hydroxylation is 2. The molecular formula is C20H19BrN2OS. The summed E-state index contributed by atoms with van der Waals surface area (Å²) >= 11 is 4.94. The number of benzene rings is 2. The van der Waals surface area contributed by atoms with Crippen LogP contribution in [0.3, 0.4) is 0 Å². The molecule has 0 unspecified atom stereocenters. The van der Waals surface area contributed by atoms with Gasteiger partial charge in [-0.2, -0.15) is 4.99 Å². The smallest absolute Gasteiger partial charge is 0.279 e. The van der Waals surface area contributed by atoms with Crippen LogP contribution in [-0.2, 0) is 6.54 Å². The Hall–Kier alpha value is -1.98. The lowest BCUT2D eigenvalue weighted by Gasteiger charge is -2.08. The van der Waals surface area contributed by atoms with E-state index in [0.29, 0.717) is 5.56 Å². The van der Waals surface area contributed by atoms with Gasteiger partial charge in [-0.3, -0.25) is 4.79 Å². The zero-order valence-electron chi connectivity index (χ0n) is 14.4. The monoisotopic (exact) mass is 414 g/mol. The van der Waals surface area contributed by atoms with E-state index in [4.69, 9.17) is 0 Å². The number of halogens is 1. The highest BCUT2D eigenvalue weighted by atomic mass is 79.9. The van der Waals surface area contributed by atoms with E-state index in [9.17, 15) is 4.79 Å². The molecule has 0 aliphatic carbocycles. The van der Waals surface area contributed by atoms with Crippen LogP contribution >= 0.6 is 27.3 Å². The number of rotatable bonds is 3. The third kappa shape index (κ3) is 3.83. The number of nitrogens with zero attached hydrogens (tertiary/aromatic N) is 2. The van der Waals surface area contributed by atoms with Gasteiger partial charge in [0.2, 0.25) is 0 Å². The van der Waals surface area contributed by atoms with Gasteiger partial charge in [0.25, 0.3) is 5.91 Å². The summed E-state index contributed by atoms with van der Waals surface area (Å²) in [7, 11) is 0. The minimum atomic E-state index is -0.216. The molecule has 0 N–H and O–H groups in total. The van der Waals surface area contributed by atoms with Crippen molar-refractivity contribution >= 4 is 33.2 Å². The molecule has 3 aromatic rings. The maximum absolute atomic E-state index is 12.5. The van der Waals surface area contributed by atoms with Gasteiger partial charge in [-0.15, -0.1) is 11.3 Å². The predicted molar refractivity (Wildman–Crippen MR) is 107 cm³/mol. The molecule has 128 valence electrons. The molecule has 1 amide bonds. The van der Waals surface area contributed by atoms with Crippen LogP contribution in [-0.4, -0.2) is 10.5 Å². The van der Waals surface area contributed by atoms with Gasteiger partial charge in [0.15, 0.2) is 4.80 Å². The fourth-order valence-corrected chi connectivity index (χ4v) is 4.04. The third-order valence-corrected chi connectivity index (χ3v) is 5.53. The van der Waals surface area contributed by atoms with Crippen LogP contribution in [0.15, 0.2) is 58.0 Å². The fourth-order valence-electron chi connectivity index (χ4n) is 2.72. The summed E-state index contributed by atoms with van der Waals surface area (Å²) in [6, 6.07) is 15.7. The number of hydrogen-bond donors (Lipinski definition) is 0. The largest absolute Gasteiger partial charge is 0.316 e. The second-order valence-corrected chi connectivity index (χ2v) is 7.92. The van der Waals surface area contributed by atoms with Gasteiger partial charge in [0.1, 0.15) is 0 Å². The molecule has 0 aliphatic heterocycles. The molecule has 0 saturated carbocycles. The van der Waals surface area contributed by atoms with E-state index in [1.165, 1.54) is 5.56 Å². The average molecular weight is 415 g/mol. The second-order valence-electron chi connectivity index (χ2n) is 5.82. The highest BCUT2D eigenvalue weighted by Crippen LogP contribution is 2.25. The van der Waals surface area contributed by atoms with Gasteiger partial charge in [-0.25, -0.2) is 0 Å². The molecule has 0 fully saturated rings. The van der Waals surface area contributed by atoms with E-state index in [-0.39, 0.29) is 5.91 Å². The van der Waals surface area contributed by atoms with E-state index in [1.807, 2.05) is 12.1 Å². The zero-order valence-corrected chi connectivity index (χ0v) is 16.8. The van der Waals surface area contributed by atoms with Crippen LogP contribution in [0.2, 0.25) is 0 Å². The van der Waals surface area contributed by atoms with Gasteiger partial charge in [-0.1, -0.05) is 45.8 Å². The highest BCUT2D eigenvalue weighted by molar-refractivity contribution is 9.10. The Morgan fingerprint density at radius 2 is 1.72 bits per heavy atom. The summed E-state index contributed by atoms with van der Waals surface area (Å²) in [6.07, 6.45) is 0. The Morgan fingerprint density at radius 3 is 2.32 bits per heavy atom. The fraction of sp³-hybridized carbons (Fsp3) is 0.200. The SMILES string of the molecule is CCn1c(-c2ccc(C)cc2)c(C)sc1=NC(=O)c1ccc(Br)cc1. The predicted octanol–water partition coefficient (Wildman–Crippen LogP) is 5.36. The number of thiazole rings is 1. The van der Waals surface area contributed by atoms with Gasteiger partial charge in [0.05, 0.1) is 5.69 Å².